The van der Waals surface area contributed by atoms with E-state index in [1.54, 1.807) is 12.4 Å². The second kappa shape index (κ2) is 4.78. The highest BCUT2D eigenvalue weighted by atomic mass is 15.3. The van der Waals surface area contributed by atoms with Crippen molar-refractivity contribution in [2.75, 3.05) is 18.0 Å². The molecule has 1 fully saturated rings. The third-order valence-corrected chi connectivity index (χ3v) is 3.34. The Morgan fingerprint density at radius 2 is 2.17 bits per heavy atom. The predicted molar refractivity (Wildman–Crippen MR) is 71.2 cm³/mol. The minimum atomic E-state index is 0.264. The standard InChI is InChI=1S/C13H17N5/c14-11-2-1-7-18(9-11)13-8-12(16-17-13)10-3-5-15-6-4-10/h3-6,8,11H,1-2,7,9,14H2,(H,16,17). The molecule has 1 saturated heterocycles. The lowest BCUT2D eigenvalue weighted by molar-refractivity contribution is 0.503. The van der Waals surface area contributed by atoms with E-state index in [-0.39, 0.29) is 6.04 Å². The SMILES string of the molecule is NC1CCCN(c2cc(-c3ccncc3)[nH]n2)C1. The smallest absolute Gasteiger partial charge is 0.151 e. The summed E-state index contributed by atoms with van der Waals surface area (Å²) < 4.78 is 0. The zero-order chi connectivity index (χ0) is 12.4. The number of anilines is 1. The van der Waals surface area contributed by atoms with Gasteiger partial charge in [0.05, 0.1) is 5.69 Å². The number of hydrogen-bond donors (Lipinski definition) is 2. The molecule has 0 bridgehead atoms. The fourth-order valence-electron chi connectivity index (χ4n) is 2.37. The topological polar surface area (TPSA) is 70.8 Å². The molecule has 3 N–H and O–H groups in total. The minimum absolute atomic E-state index is 0.264. The van der Waals surface area contributed by atoms with Crippen LogP contribution in [0.4, 0.5) is 5.82 Å². The number of nitrogens with two attached hydrogens (primary N) is 1. The van der Waals surface area contributed by atoms with Crippen molar-refractivity contribution in [3.63, 3.8) is 0 Å². The molecule has 0 saturated carbocycles. The maximum atomic E-state index is 5.99. The van der Waals surface area contributed by atoms with E-state index in [1.807, 2.05) is 12.1 Å². The zero-order valence-electron chi connectivity index (χ0n) is 10.2. The van der Waals surface area contributed by atoms with Gasteiger partial charge in [0.25, 0.3) is 0 Å². The quantitative estimate of drug-likeness (QED) is 0.836. The number of rotatable bonds is 2. The molecular formula is C13H17N5. The molecule has 2 aromatic heterocycles. The van der Waals surface area contributed by atoms with Crippen LogP contribution in [-0.4, -0.2) is 34.3 Å². The Labute approximate surface area is 106 Å². The molecule has 3 heterocycles. The first kappa shape index (κ1) is 11.2. The molecule has 5 nitrogen and oxygen atoms in total. The van der Waals surface area contributed by atoms with Gasteiger partial charge in [-0.3, -0.25) is 10.1 Å². The van der Waals surface area contributed by atoms with Crippen LogP contribution in [0, 0.1) is 0 Å². The predicted octanol–water partition coefficient (Wildman–Crippen LogP) is 1.40. The van der Waals surface area contributed by atoms with Crippen LogP contribution in [0.15, 0.2) is 30.6 Å². The van der Waals surface area contributed by atoms with Gasteiger partial charge in [-0.05, 0) is 25.0 Å². The molecule has 0 radical (unpaired) electrons. The van der Waals surface area contributed by atoms with Crippen LogP contribution >= 0.6 is 0 Å². The molecule has 0 aromatic carbocycles. The van der Waals surface area contributed by atoms with E-state index in [2.05, 4.69) is 26.1 Å². The lowest BCUT2D eigenvalue weighted by Gasteiger charge is -2.30. The summed E-state index contributed by atoms with van der Waals surface area (Å²) in [5, 5.41) is 7.45. The number of H-pyrrole nitrogens is 1. The maximum absolute atomic E-state index is 5.99. The van der Waals surface area contributed by atoms with Crippen molar-refractivity contribution in [3.05, 3.63) is 30.6 Å². The Morgan fingerprint density at radius 3 is 2.94 bits per heavy atom. The average molecular weight is 243 g/mol. The first-order valence-electron chi connectivity index (χ1n) is 6.29. The fraction of sp³-hybridized carbons (Fsp3) is 0.385. The van der Waals surface area contributed by atoms with Crippen LogP contribution < -0.4 is 10.6 Å². The minimum Gasteiger partial charge on any atom is -0.354 e. The lowest BCUT2D eigenvalue weighted by Crippen LogP contribution is -2.43. The number of aromatic nitrogens is 3. The Morgan fingerprint density at radius 1 is 1.33 bits per heavy atom. The summed E-state index contributed by atoms with van der Waals surface area (Å²) in [6.45, 7) is 1.93. The molecule has 0 amide bonds. The summed E-state index contributed by atoms with van der Waals surface area (Å²) in [5.74, 6) is 0.983. The monoisotopic (exact) mass is 243 g/mol. The molecule has 0 aliphatic carbocycles. The average Bonchev–Trinajstić information content (AvgIpc) is 2.89. The number of aromatic amines is 1. The lowest BCUT2D eigenvalue weighted by atomic mass is 10.1. The van der Waals surface area contributed by atoms with E-state index in [4.69, 9.17) is 5.73 Å². The zero-order valence-corrected chi connectivity index (χ0v) is 10.2. The Hall–Kier alpha value is -1.88. The van der Waals surface area contributed by atoms with Gasteiger partial charge in [0, 0.05) is 43.2 Å². The molecule has 1 unspecified atom stereocenters. The van der Waals surface area contributed by atoms with Crippen molar-refractivity contribution in [1.82, 2.24) is 15.2 Å². The van der Waals surface area contributed by atoms with Gasteiger partial charge >= 0.3 is 0 Å². The number of pyridine rings is 1. The van der Waals surface area contributed by atoms with Crippen LogP contribution in [0.5, 0.6) is 0 Å². The highest BCUT2D eigenvalue weighted by Gasteiger charge is 2.19. The second-order valence-corrected chi connectivity index (χ2v) is 4.72. The van der Waals surface area contributed by atoms with Gasteiger partial charge in [-0.2, -0.15) is 5.10 Å². The maximum Gasteiger partial charge on any atom is 0.151 e. The molecule has 18 heavy (non-hydrogen) atoms. The van der Waals surface area contributed by atoms with E-state index in [1.165, 1.54) is 0 Å². The fourth-order valence-corrected chi connectivity index (χ4v) is 2.37. The number of hydrogen-bond acceptors (Lipinski definition) is 4. The Kier molecular flexibility index (Phi) is 2.98. The van der Waals surface area contributed by atoms with Gasteiger partial charge in [-0.1, -0.05) is 0 Å². The van der Waals surface area contributed by atoms with Crippen molar-refractivity contribution >= 4 is 5.82 Å². The molecule has 3 rings (SSSR count). The van der Waals surface area contributed by atoms with Crippen LogP contribution in [0.1, 0.15) is 12.8 Å². The third kappa shape index (κ3) is 2.22. The van der Waals surface area contributed by atoms with E-state index in [0.717, 1.165) is 43.0 Å². The molecule has 94 valence electrons. The highest BCUT2D eigenvalue weighted by molar-refractivity contribution is 5.62. The van der Waals surface area contributed by atoms with E-state index >= 15 is 0 Å². The molecule has 5 heteroatoms. The van der Waals surface area contributed by atoms with Gasteiger partial charge in [-0.25, -0.2) is 0 Å². The van der Waals surface area contributed by atoms with Crippen molar-refractivity contribution in [2.24, 2.45) is 5.73 Å². The van der Waals surface area contributed by atoms with Gasteiger partial charge in [0.15, 0.2) is 5.82 Å². The summed E-state index contributed by atoms with van der Waals surface area (Å²) in [5.41, 5.74) is 8.11. The largest absolute Gasteiger partial charge is 0.354 e. The summed E-state index contributed by atoms with van der Waals surface area (Å²) in [7, 11) is 0. The first-order valence-corrected chi connectivity index (χ1v) is 6.29. The van der Waals surface area contributed by atoms with Crippen LogP contribution in [0.3, 0.4) is 0 Å². The van der Waals surface area contributed by atoms with Crippen molar-refractivity contribution < 1.29 is 0 Å². The molecular weight excluding hydrogens is 226 g/mol. The third-order valence-electron chi connectivity index (χ3n) is 3.34. The summed E-state index contributed by atoms with van der Waals surface area (Å²) in [6, 6.07) is 6.28. The number of nitrogens with zero attached hydrogens (tertiary/aromatic N) is 3. The van der Waals surface area contributed by atoms with Gasteiger partial charge in [-0.15, -0.1) is 0 Å². The molecule has 1 atom stereocenters. The van der Waals surface area contributed by atoms with Gasteiger partial charge in [0.2, 0.25) is 0 Å². The van der Waals surface area contributed by atoms with Crippen molar-refractivity contribution in [2.45, 2.75) is 18.9 Å². The van der Waals surface area contributed by atoms with Crippen molar-refractivity contribution in [3.8, 4) is 11.3 Å². The summed E-state index contributed by atoms with van der Waals surface area (Å²) in [6.07, 6.45) is 5.82. The van der Waals surface area contributed by atoms with Gasteiger partial charge < -0.3 is 10.6 Å². The molecule has 2 aromatic rings. The van der Waals surface area contributed by atoms with Crippen molar-refractivity contribution in [1.29, 1.82) is 0 Å². The van der Waals surface area contributed by atoms with Crippen LogP contribution in [-0.2, 0) is 0 Å². The highest BCUT2D eigenvalue weighted by Crippen LogP contribution is 2.23. The van der Waals surface area contributed by atoms with Gasteiger partial charge in [0.1, 0.15) is 0 Å². The van der Waals surface area contributed by atoms with Crippen LogP contribution in [0.2, 0.25) is 0 Å². The summed E-state index contributed by atoms with van der Waals surface area (Å²) in [4.78, 5) is 6.26. The first-order chi connectivity index (χ1) is 8.83. The Balaban J connectivity index is 1.81. The van der Waals surface area contributed by atoms with E-state index in [9.17, 15) is 0 Å². The second-order valence-electron chi connectivity index (χ2n) is 4.72. The molecule has 1 aliphatic rings. The van der Waals surface area contributed by atoms with Crippen LogP contribution in [0.25, 0.3) is 11.3 Å². The Bertz CT molecular complexity index is 507. The number of nitrogens with one attached hydrogen (secondary N) is 1. The number of piperidine rings is 1. The normalized spacial score (nSPS) is 20.1. The van der Waals surface area contributed by atoms with E-state index in [0.29, 0.717) is 0 Å². The van der Waals surface area contributed by atoms with E-state index < -0.39 is 0 Å². The molecule has 1 aliphatic heterocycles. The molecule has 0 spiro atoms. The summed E-state index contributed by atoms with van der Waals surface area (Å²) >= 11 is 0.